The molecule has 1 aromatic carbocycles. The fraction of sp³-hybridized carbons (Fsp3) is 0.0667. The minimum atomic E-state index is -0.102. The van der Waals surface area contributed by atoms with E-state index < -0.39 is 0 Å². The lowest BCUT2D eigenvalue weighted by Crippen LogP contribution is -2.14. The topological polar surface area (TPSA) is 67.8 Å². The molecule has 2 heterocycles. The van der Waals surface area contributed by atoms with Gasteiger partial charge in [-0.3, -0.25) is 9.78 Å². The van der Waals surface area contributed by atoms with E-state index in [0.29, 0.717) is 11.6 Å². The summed E-state index contributed by atoms with van der Waals surface area (Å²) in [6.07, 6.45) is 3.74. The number of benzene rings is 1. The van der Waals surface area contributed by atoms with Gasteiger partial charge in [-0.05, 0) is 17.7 Å². The summed E-state index contributed by atoms with van der Waals surface area (Å²) in [5.41, 5.74) is 1.85. The van der Waals surface area contributed by atoms with Gasteiger partial charge in [-0.15, -0.1) is 10.2 Å². The Kier molecular flexibility index (Phi) is 3.97. The third-order valence-corrected chi connectivity index (χ3v) is 3.68. The predicted octanol–water partition coefficient (Wildman–Crippen LogP) is 2.78. The first kappa shape index (κ1) is 13.4. The third-order valence-electron chi connectivity index (χ3n) is 2.79. The highest BCUT2D eigenvalue weighted by molar-refractivity contribution is 7.18. The highest BCUT2D eigenvalue weighted by atomic mass is 32.1. The third kappa shape index (κ3) is 3.49. The van der Waals surface area contributed by atoms with Crippen molar-refractivity contribution < 1.29 is 4.79 Å². The molecule has 0 fully saturated rings. The second-order valence-corrected chi connectivity index (χ2v) is 5.34. The summed E-state index contributed by atoms with van der Waals surface area (Å²) in [5.74, 6) is -0.102. The summed E-state index contributed by atoms with van der Waals surface area (Å²) < 4.78 is 0. The summed E-state index contributed by atoms with van der Waals surface area (Å²) in [7, 11) is 0. The smallest absolute Gasteiger partial charge is 0.230 e. The molecule has 0 aliphatic heterocycles. The van der Waals surface area contributed by atoms with Gasteiger partial charge in [-0.25, -0.2) is 0 Å². The van der Waals surface area contributed by atoms with Crippen LogP contribution in [0.25, 0.3) is 10.6 Å². The highest BCUT2D eigenvalue weighted by Crippen LogP contribution is 2.25. The van der Waals surface area contributed by atoms with Crippen LogP contribution in [0.5, 0.6) is 0 Å². The number of pyridine rings is 1. The molecule has 2 aromatic heterocycles. The zero-order valence-electron chi connectivity index (χ0n) is 11.1. The molecule has 1 amide bonds. The zero-order chi connectivity index (χ0) is 14.5. The number of hydrogen-bond donors (Lipinski definition) is 1. The van der Waals surface area contributed by atoms with Gasteiger partial charge in [-0.1, -0.05) is 41.7 Å². The largest absolute Gasteiger partial charge is 0.300 e. The van der Waals surface area contributed by atoms with Crippen molar-refractivity contribution in [1.82, 2.24) is 15.2 Å². The number of rotatable bonds is 4. The Hall–Kier alpha value is -2.60. The Morgan fingerprint density at radius 2 is 1.95 bits per heavy atom. The normalized spacial score (nSPS) is 10.3. The van der Waals surface area contributed by atoms with Crippen molar-refractivity contribution in [3.8, 4) is 10.6 Å². The van der Waals surface area contributed by atoms with Gasteiger partial charge in [0.15, 0.2) is 5.01 Å². The van der Waals surface area contributed by atoms with Crippen molar-refractivity contribution >= 4 is 22.4 Å². The molecule has 5 nitrogen and oxygen atoms in total. The maximum Gasteiger partial charge on any atom is 0.230 e. The van der Waals surface area contributed by atoms with Gasteiger partial charge in [-0.2, -0.15) is 0 Å². The molecule has 0 atom stereocenters. The summed E-state index contributed by atoms with van der Waals surface area (Å²) >= 11 is 1.33. The second-order valence-electron chi connectivity index (χ2n) is 4.36. The molecule has 6 heteroatoms. The van der Waals surface area contributed by atoms with Crippen LogP contribution < -0.4 is 5.32 Å². The van der Waals surface area contributed by atoms with Crippen LogP contribution in [0.1, 0.15) is 5.56 Å². The molecular weight excluding hydrogens is 284 g/mol. The number of nitrogens with one attached hydrogen (secondary N) is 1. The maximum atomic E-state index is 11.9. The van der Waals surface area contributed by atoms with Crippen molar-refractivity contribution in [3.05, 3.63) is 60.4 Å². The number of amides is 1. The number of carbonyl (C=O) groups is 1. The van der Waals surface area contributed by atoms with Crippen molar-refractivity contribution in [2.45, 2.75) is 6.42 Å². The molecule has 0 aliphatic carbocycles. The average Bonchev–Trinajstić information content (AvgIpc) is 2.97. The Morgan fingerprint density at radius 3 is 2.71 bits per heavy atom. The molecule has 104 valence electrons. The van der Waals surface area contributed by atoms with Crippen LogP contribution in [0, 0.1) is 0 Å². The van der Waals surface area contributed by atoms with Gasteiger partial charge < -0.3 is 5.32 Å². The van der Waals surface area contributed by atoms with Crippen LogP contribution >= 0.6 is 11.3 Å². The number of carbonyl (C=O) groups excluding carboxylic acids is 1. The van der Waals surface area contributed by atoms with Crippen LogP contribution in [0.4, 0.5) is 5.13 Å². The van der Waals surface area contributed by atoms with Gasteiger partial charge in [0, 0.05) is 18.0 Å². The Labute approximate surface area is 125 Å². The van der Waals surface area contributed by atoms with Crippen LogP contribution in [-0.2, 0) is 11.2 Å². The molecule has 0 unspecified atom stereocenters. The van der Waals surface area contributed by atoms with E-state index in [9.17, 15) is 4.79 Å². The standard InChI is InChI=1S/C15H12N4OS/c20-13(9-11-5-2-1-3-6-11)17-15-19-18-14(21-15)12-7-4-8-16-10-12/h1-8,10H,9H2,(H,17,19,20). The zero-order valence-corrected chi connectivity index (χ0v) is 11.9. The van der Waals surface area contributed by atoms with E-state index in [1.165, 1.54) is 11.3 Å². The summed E-state index contributed by atoms with van der Waals surface area (Å²) in [4.78, 5) is 16.0. The number of anilines is 1. The molecule has 0 saturated heterocycles. The van der Waals surface area contributed by atoms with Crippen LogP contribution in [0.3, 0.4) is 0 Å². The lowest BCUT2D eigenvalue weighted by Gasteiger charge is -2.00. The van der Waals surface area contributed by atoms with Crippen LogP contribution in [-0.4, -0.2) is 21.1 Å². The van der Waals surface area contributed by atoms with Gasteiger partial charge >= 0.3 is 0 Å². The fourth-order valence-corrected chi connectivity index (χ4v) is 2.57. The van der Waals surface area contributed by atoms with Crippen molar-refractivity contribution in [2.24, 2.45) is 0 Å². The summed E-state index contributed by atoms with van der Waals surface area (Å²) in [6, 6.07) is 13.3. The van der Waals surface area contributed by atoms with E-state index in [1.807, 2.05) is 42.5 Å². The van der Waals surface area contributed by atoms with E-state index in [-0.39, 0.29) is 5.91 Å². The first-order valence-electron chi connectivity index (χ1n) is 6.39. The first-order valence-corrected chi connectivity index (χ1v) is 7.20. The minimum absolute atomic E-state index is 0.102. The molecule has 0 saturated carbocycles. The highest BCUT2D eigenvalue weighted by Gasteiger charge is 2.10. The van der Waals surface area contributed by atoms with Crippen molar-refractivity contribution in [1.29, 1.82) is 0 Å². The summed E-state index contributed by atoms with van der Waals surface area (Å²) in [6.45, 7) is 0. The van der Waals surface area contributed by atoms with Crippen molar-refractivity contribution in [2.75, 3.05) is 5.32 Å². The average molecular weight is 296 g/mol. The van der Waals surface area contributed by atoms with Crippen LogP contribution in [0.15, 0.2) is 54.9 Å². The quantitative estimate of drug-likeness (QED) is 0.804. The molecule has 21 heavy (non-hydrogen) atoms. The number of nitrogens with zero attached hydrogens (tertiary/aromatic N) is 3. The van der Waals surface area contributed by atoms with Gasteiger partial charge in [0.25, 0.3) is 0 Å². The molecule has 3 rings (SSSR count). The molecule has 3 aromatic rings. The van der Waals surface area contributed by atoms with Crippen LogP contribution in [0.2, 0.25) is 0 Å². The predicted molar refractivity (Wildman–Crippen MR) is 81.9 cm³/mol. The van der Waals surface area contributed by atoms with Crippen molar-refractivity contribution in [3.63, 3.8) is 0 Å². The molecule has 0 spiro atoms. The first-order chi connectivity index (χ1) is 10.3. The fourth-order valence-electron chi connectivity index (χ4n) is 1.82. The minimum Gasteiger partial charge on any atom is -0.300 e. The van der Waals surface area contributed by atoms with Gasteiger partial charge in [0.2, 0.25) is 11.0 Å². The van der Waals surface area contributed by atoms with E-state index in [4.69, 9.17) is 0 Å². The molecule has 0 aliphatic rings. The lowest BCUT2D eigenvalue weighted by molar-refractivity contribution is -0.115. The van der Waals surface area contributed by atoms with E-state index in [1.54, 1.807) is 12.4 Å². The van der Waals surface area contributed by atoms with Gasteiger partial charge in [0.1, 0.15) is 0 Å². The van der Waals surface area contributed by atoms with Gasteiger partial charge in [0.05, 0.1) is 6.42 Å². The molecule has 0 bridgehead atoms. The second kappa shape index (κ2) is 6.23. The molecule has 0 radical (unpaired) electrons. The SMILES string of the molecule is O=C(Cc1ccccc1)Nc1nnc(-c2cccnc2)s1. The Bertz CT molecular complexity index is 728. The maximum absolute atomic E-state index is 11.9. The van der Waals surface area contributed by atoms with E-state index >= 15 is 0 Å². The van der Waals surface area contributed by atoms with E-state index in [0.717, 1.165) is 16.1 Å². The number of hydrogen-bond acceptors (Lipinski definition) is 5. The summed E-state index contributed by atoms with van der Waals surface area (Å²) in [5, 5.41) is 12.0. The lowest BCUT2D eigenvalue weighted by atomic mass is 10.1. The monoisotopic (exact) mass is 296 g/mol. The molecular formula is C15H12N4OS. The Morgan fingerprint density at radius 1 is 1.10 bits per heavy atom. The Balaban J connectivity index is 1.66. The number of aromatic nitrogens is 3. The van der Waals surface area contributed by atoms with E-state index in [2.05, 4.69) is 20.5 Å². The molecule has 1 N–H and O–H groups in total.